The molecule has 0 spiro atoms. The molecule has 0 amide bonds. The molecule has 170 valence electrons. The number of benzene rings is 1. The number of halogens is 2. The number of aromatic nitrogens is 5. The third-order valence-corrected chi connectivity index (χ3v) is 5.29. The number of nitrogens with one attached hydrogen (secondary N) is 1. The van der Waals surface area contributed by atoms with E-state index in [1.165, 1.54) is 17.2 Å². The van der Waals surface area contributed by atoms with E-state index in [0.29, 0.717) is 17.7 Å². The highest BCUT2D eigenvalue weighted by Gasteiger charge is 2.15. The molecule has 3 heterocycles. The summed E-state index contributed by atoms with van der Waals surface area (Å²) in [5, 5.41) is 3.60. The number of pyridine rings is 1. The number of imidazole rings is 1. The summed E-state index contributed by atoms with van der Waals surface area (Å²) in [6.07, 6.45) is 6.06. The van der Waals surface area contributed by atoms with Gasteiger partial charge in [-0.25, -0.2) is 9.78 Å². The second kappa shape index (κ2) is 11.1. The molecule has 1 atom stereocenters. The van der Waals surface area contributed by atoms with E-state index in [1.54, 1.807) is 19.6 Å². The number of rotatable bonds is 7. The van der Waals surface area contributed by atoms with E-state index in [4.69, 9.17) is 0 Å². The van der Waals surface area contributed by atoms with Crippen molar-refractivity contribution >= 4 is 36.0 Å². The van der Waals surface area contributed by atoms with Gasteiger partial charge in [-0.15, -0.1) is 24.8 Å². The molecule has 0 aliphatic carbocycles. The van der Waals surface area contributed by atoms with Crippen molar-refractivity contribution in [3.63, 3.8) is 0 Å². The summed E-state index contributed by atoms with van der Waals surface area (Å²) in [5.41, 5.74) is 2.43. The lowest BCUT2D eigenvalue weighted by Crippen LogP contribution is -2.37. The molecule has 0 fully saturated rings. The molecule has 10 heteroatoms. The molecule has 0 radical (unpaired) electrons. The molecule has 1 N–H and O–H groups in total. The van der Waals surface area contributed by atoms with Gasteiger partial charge in [0.15, 0.2) is 11.2 Å². The lowest BCUT2D eigenvalue weighted by Gasteiger charge is -2.19. The Hall–Kier alpha value is -2.94. The van der Waals surface area contributed by atoms with Crippen molar-refractivity contribution in [2.75, 3.05) is 6.54 Å². The minimum atomic E-state index is -0.374. The Morgan fingerprint density at radius 1 is 0.969 bits per heavy atom. The first kappa shape index (κ1) is 25.3. The molecule has 4 aromatic rings. The van der Waals surface area contributed by atoms with E-state index in [9.17, 15) is 9.59 Å². The van der Waals surface area contributed by atoms with Gasteiger partial charge in [0.25, 0.3) is 5.56 Å². The summed E-state index contributed by atoms with van der Waals surface area (Å²) in [7, 11) is 3.11. The van der Waals surface area contributed by atoms with Gasteiger partial charge in [0.2, 0.25) is 0 Å². The van der Waals surface area contributed by atoms with Crippen LogP contribution in [0.25, 0.3) is 11.2 Å². The Bertz CT molecular complexity index is 1230. The van der Waals surface area contributed by atoms with E-state index in [1.807, 2.05) is 35.0 Å². The highest BCUT2D eigenvalue weighted by molar-refractivity contribution is 5.85. The highest BCUT2D eigenvalue weighted by Crippen LogP contribution is 2.21. The summed E-state index contributed by atoms with van der Waals surface area (Å²) in [6.45, 7) is 1.35. The van der Waals surface area contributed by atoms with Gasteiger partial charge < -0.3 is 9.88 Å². The fourth-order valence-electron chi connectivity index (χ4n) is 3.68. The Morgan fingerprint density at radius 2 is 1.69 bits per heavy atom. The van der Waals surface area contributed by atoms with Gasteiger partial charge in [-0.3, -0.25) is 18.9 Å². The summed E-state index contributed by atoms with van der Waals surface area (Å²) < 4.78 is 4.34. The molecule has 0 saturated carbocycles. The standard InChI is InChI=1S/C22H24N6O2.2ClH/c1-26-20-19(21(29)27(2)22(26)30)28(15-25-20)13-7-12-24-18(16-8-4-3-5-9-16)17-10-6-11-23-14-17;;/h3-6,8-11,14-15,18,24H,7,12-13H2,1-2H3;2*1H. The summed E-state index contributed by atoms with van der Waals surface area (Å²) >= 11 is 0. The number of nitrogens with zero attached hydrogens (tertiary/aromatic N) is 5. The van der Waals surface area contributed by atoms with E-state index < -0.39 is 0 Å². The van der Waals surface area contributed by atoms with Crippen molar-refractivity contribution in [1.82, 2.24) is 29.0 Å². The Labute approximate surface area is 197 Å². The average molecular weight is 477 g/mol. The van der Waals surface area contributed by atoms with E-state index in [0.717, 1.165) is 23.1 Å². The largest absolute Gasteiger partial charge is 0.332 e. The van der Waals surface area contributed by atoms with Crippen molar-refractivity contribution < 1.29 is 0 Å². The second-order valence-electron chi connectivity index (χ2n) is 7.25. The smallest absolute Gasteiger partial charge is 0.325 e. The van der Waals surface area contributed by atoms with Crippen LogP contribution in [-0.4, -0.2) is 30.2 Å². The zero-order valence-corrected chi connectivity index (χ0v) is 19.5. The third-order valence-electron chi connectivity index (χ3n) is 5.29. The molecule has 32 heavy (non-hydrogen) atoms. The van der Waals surface area contributed by atoms with Gasteiger partial charge in [-0.1, -0.05) is 36.4 Å². The van der Waals surface area contributed by atoms with Gasteiger partial charge >= 0.3 is 5.69 Å². The maximum atomic E-state index is 12.6. The van der Waals surface area contributed by atoms with Crippen LogP contribution >= 0.6 is 24.8 Å². The van der Waals surface area contributed by atoms with Crippen LogP contribution in [0, 0.1) is 0 Å². The van der Waals surface area contributed by atoms with E-state index in [-0.39, 0.29) is 42.1 Å². The third kappa shape index (κ3) is 4.93. The van der Waals surface area contributed by atoms with Crippen molar-refractivity contribution in [1.29, 1.82) is 0 Å². The minimum absolute atomic E-state index is 0. The molecule has 8 nitrogen and oxygen atoms in total. The van der Waals surface area contributed by atoms with Gasteiger partial charge in [0.1, 0.15) is 0 Å². The summed E-state index contributed by atoms with van der Waals surface area (Å²) in [6, 6.07) is 14.3. The molecule has 3 aromatic heterocycles. The molecule has 1 aromatic carbocycles. The summed E-state index contributed by atoms with van der Waals surface area (Å²) in [4.78, 5) is 33.2. The molecular formula is C22H26Cl2N6O2. The minimum Gasteiger partial charge on any atom is -0.325 e. The zero-order chi connectivity index (χ0) is 21.1. The zero-order valence-electron chi connectivity index (χ0n) is 17.8. The molecule has 1 unspecified atom stereocenters. The molecular weight excluding hydrogens is 451 g/mol. The van der Waals surface area contributed by atoms with E-state index >= 15 is 0 Å². The van der Waals surface area contributed by atoms with Crippen LogP contribution in [0.2, 0.25) is 0 Å². The maximum absolute atomic E-state index is 12.6. The number of hydrogen-bond donors (Lipinski definition) is 1. The van der Waals surface area contributed by atoms with Gasteiger partial charge in [-0.2, -0.15) is 0 Å². The van der Waals surface area contributed by atoms with Crippen LogP contribution in [0.4, 0.5) is 0 Å². The normalized spacial score (nSPS) is 11.6. The maximum Gasteiger partial charge on any atom is 0.332 e. The Kier molecular flexibility index (Phi) is 8.77. The first-order valence-electron chi connectivity index (χ1n) is 9.87. The average Bonchev–Trinajstić information content (AvgIpc) is 3.21. The summed E-state index contributed by atoms with van der Waals surface area (Å²) in [5.74, 6) is 0. The van der Waals surface area contributed by atoms with Crippen molar-refractivity contribution in [2.24, 2.45) is 14.1 Å². The number of fused-ring (bicyclic) bond motifs is 1. The molecule has 0 aliphatic rings. The fraction of sp³-hybridized carbons (Fsp3) is 0.273. The van der Waals surface area contributed by atoms with Gasteiger partial charge in [0.05, 0.1) is 12.4 Å². The molecule has 0 saturated heterocycles. The molecule has 0 aliphatic heterocycles. The SMILES string of the molecule is Cl.Cl.Cn1c(=O)c2c(ncn2CCCNC(c2ccccc2)c2cccnc2)n(C)c1=O. The van der Waals surface area contributed by atoms with Gasteiger partial charge in [0, 0.05) is 33.0 Å². The molecule has 0 bridgehead atoms. The predicted molar refractivity (Wildman–Crippen MR) is 130 cm³/mol. The predicted octanol–water partition coefficient (Wildman–Crippen LogP) is 2.44. The van der Waals surface area contributed by atoms with Crippen molar-refractivity contribution in [3.05, 3.63) is 93.2 Å². The first-order valence-corrected chi connectivity index (χ1v) is 9.87. The van der Waals surface area contributed by atoms with Crippen LogP contribution in [0.15, 0.2) is 70.8 Å². The topological polar surface area (TPSA) is 86.7 Å². The second-order valence-corrected chi connectivity index (χ2v) is 7.25. The van der Waals surface area contributed by atoms with Crippen LogP contribution in [-0.2, 0) is 20.6 Å². The monoisotopic (exact) mass is 476 g/mol. The first-order chi connectivity index (χ1) is 14.6. The number of aryl methyl sites for hydroxylation is 2. The number of hydrogen-bond acceptors (Lipinski definition) is 5. The fourth-order valence-corrected chi connectivity index (χ4v) is 3.68. The molecule has 4 rings (SSSR count). The quantitative estimate of drug-likeness (QED) is 0.414. The van der Waals surface area contributed by atoms with Gasteiger partial charge in [-0.05, 0) is 30.2 Å². The van der Waals surface area contributed by atoms with E-state index in [2.05, 4.69) is 33.5 Å². The van der Waals surface area contributed by atoms with Crippen LogP contribution < -0.4 is 16.6 Å². The van der Waals surface area contributed by atoms with Crippen molar-refractivity contribution in [3.8, 4) is 0 Å². The lowest BCUT2D eigenvalue weighted by atomic mass is 10.0. The lowest BCUT2D eigenvalue weighted by molar-refractivity contribution is 0.546. The van der Waals surface area contributed by atoms with Crippen LogP contribution in [0.3, 0.4) is 0 Å². The Balaban J connectivity index is 0.00000181. The van der Waals surface area contributed by atoms with Crippen molar-refractivity contribution in [2.45, 2.75) is 19.0 Å². The van der Waals surface area contributed by atoms with Crippen LogP contribution in [0.5, 0.6) is 0 Å². The Morgan fingerprint density at radius 3 is 2.38 bits per heavy atom. The van der Waals surface area contributed by atoms with Crippen LogP contribution in [0.1, 0.15) is 23.6 Å². The highest BCUT2D eigenvalue weighted by atomic mass is 35.5.